The van der Waals surface area contributed by atoms with Gasteiger partial charge in [-0.3, -0.25) is 9.79 Å². The van der Waals surface area contributed by atoms with Crippen molar-refractivity contribution in [1.29, 1.82) is 0 Å². The van der Waals surface area contributed by atoms with Crippen LogP contribution >= 0.6 is 0 Å². The topological polar surface area (TPSA) is 75.7 Å². The van der Waals surface area contributed by atoms with Gasteiger partial charge in [0.25, 0.3) is 0 Å². The number of carbonyl (C=O) groups is 1. The third-order valence-electron chi connectivity index (χ3n) is 2.03. The number of hydrogen-bond donors (Lipinski definition) is 2. The molecular weight excluding hydrogens is 144 g/mol. The number of aliphatic carboxylic acids is 1. The third kappa shape index (κ3) is 1.69. The Morgan fingerprint density at radius 1 is 1.82 bits per heavy atom. The highest BCUT2D eigenvalue weighted by molar-refractivity contribution is 5.83. The van der Waals surface area contributed by atoms with Gasteiger partial charge in [-0.15, -0.1) is 0 Å². The summed E-state index contributed by atoms with van der Waals surface area (Å²) in [5.41, 5.74) is 5.44. The number of hydrogen-bond acceptors (Lipinski definition) is 3. The van der Waals surface area contributed by atoms with Crippen molar-refractivity contribution in [3.63, 3.8) is 0 Å². The van der Waals surface area contributed by atoms with Crippen molar-refractivity contribution in [2.75, 3.05) is 6.54 Å². The van der Waals surface area contributed by atoms with Gasteiger partial charge >= 0.3 is 5.97 Å². The molecular formula is C7H12N2O2. The van der Waals surface area contributed by atoms with Gasteiger partial charge in [0.1, 0.15) is 0 Å². The first-order valence-corrected chi connectivity index (χ1v) is 3.63. The maximum Gasteiger partial charge on any atom is 0.308 e. The standard InChI is InChI=1S/C7H12N2O2/c1-4-2-6(8)9-3-5(4)7(10)11/h4-5H,2-3H2,1H3,(H2,8,9)(H,10,11)/t4-,5-/m0/s1. The predicted molar refractivity (Wildman–Crippen MR) is 41.4 cm³/mol. The summed E-state index contributed by atoms with van der Waals surface area (Å²) in [5.74, 6) is -0.420. The van der Waals surface area contributed by atoms with Gasteiger partial charge in [-0.2, -0.15) is 0 Å². The zero-order valence-electron chi connectivity index (χ0n) is 6.45. The first kappa shape index (κ1) is 8.04. The fourth-order valence-corrected chi connectivity index (χ4v) is 1.25. The van der Waals surface area contributed by atoms with Crippen molar-refractivity contribution < 1.29 is 9.90 Å². The van der Waals surface area contributed by atoms with Gasteiger partial charge in [-0.1, -0.05) is 6.92 Å². The Labute approximate surface area is 65.1 Å². The zero-order chi connectivity index (χ0) is 8.43. The van der Waals surface area contributed by atoms with Crippen LogP contribution < -0.4 is 5.73 Å². The van der Waals surface area contributed by atoms with Gasteiger partial charge in [-0.25, -0.2) is 0 Å². The average molecular weight is 156 g/mol. The second-order valence-electron chi connectivity index (χ2n) is 2.96. The molecule has 2 atom stereocenters. The molecule has 0 radical (unpaired) electrons. The Morgan fingerprint density at radius 2 is 2.45 bits per heavy atom. The van der Waals surface area contributed by atoms with Crippen LogP contribution in [-0.2, 0) is 4.79 Å². The molecule has 0 aliphatic carbocycles. The molecule has 0 aromatic rings. The molecule has 1 aliphatic heterocycles. The molecule has 0 bridgehead atoms. The molecule has 1 aliphatic rings. The Balaban J connectivity index is 2.65. The molecule has 0 saturated heterocycles. The lowest BCUT2D eigenvalue weighted by Gasteiger charge is -2.22. The van der Waals surface area contributed by atoms with Crippen molar-refractivity contribution in [2.45, 2.75) is 13.3 Å². The molecule has 0 aromatic heterocycles. The van der Waals surface area contributed by atoms with E-state index < -0.39 is 5.97 Å². The molecule has 0 fully saturated rings. The van der Waals surface area contributed by atoms with E-state index in [1.807, 2.05) is 6.92 Å². The summed E-state index contributed by atoms with van der Waals surface area (Å²) in [7, 11) is 0. The van der Waals surface area contributed by atoms with Gasteiger partial charge in [0, 0.05) is 6.42 Å². The maximum atomic E-state index is 10.6. The number of carboxylic acid groups (broad SMARTS) is 1. The van der Waals surface area contributed by atoms with Crippen LogP contribution in [0.15, 0.2) is 4.99 Å². The molecule has 4 nitrogen and oxygen atoms in total. The molecule has 0 amide bonds. The van der Waals surface area contributed by atoms with Gasteiger partial charge in [0.2, 0.25) is 0 Å². The van der Waals surface area contributed by atoms with Crippen LogP contribution in [0.3, 0.4) is 0 Å². The Hall–Kier alpha value is -1.06. The van der Waals surface area contributed by atoms with Crippen molar-refractivity contribution >= 4 is 11.8 Å². The van der Waals surface area contributed by atoms with Crippen LogP contribution in [-0.4, -0.2) is 23.5 Å². The van der Waals surface area contributed by atoms with Crippen LogP contribution in [0.25, 0.3) is 0 Å². The molecule has 4 heteroatoms. The predicted octanol–water partition coefficient (Wildman–Crippen LogP) is 0.0842. The lowest BCUT2D eigenvalue weighted by Crippen LogP contribution is -2.33. The second kappa shape index (κ2) is 2.90. The lowest BCUT2D eigenvalue weighted by atomic mass is 9.89. The average Bonchev–Trinajstić information content (AvgIpc) is 1.85. The van der Waals surface area contributed by atoms with Crippen LogP contribution in [0.2, 0.25) is 0 Å². The van der Waals surface area contributed by atoms with Crippen molar-refractivity contribution in [2.24, 2.45) is 22.6 Å². The summed E-state index contributed by atoms with van der Waals surface area (Å²) in [4.78, 5) is 14.5. The van der Waals surface area contributed by atoms with E-state index in [9.17, 15) is 4.79 Å². The summed E-state index contributed by atoms with van der Waals surface area (Å²) in [6.07, 6.45) is 0.608. The molecule has 3 N–H and O–H groups in total. The number of nitrogens with two attached hydrogens (primary N) is 1. The van der Waals surface area contributed by atoms with E-state index in [1.165, 1.54) is 0 Å². The highest BCUT2D eigenvalue weighted by Gasteiger charge is 2.27. The molecule has 62 valence electrons. The monoisotopic (exact) mass is 156 g/mol. The van der Waals surface area contributed by atoms with Crippen LogP contribution in [0.1, 0.15) is 13.3 Å². The van der Waals surface area contributed by atoms with E-state index >= 15 is 0 Å². The molecule has 0 saturated carbocycles. The largest absolute Gasteiger partial charge is 0.481 e. The highest BCUT2D eigenvalue weighted by Crippen LogP contribution is 2.20. The van der Waals surface area contributed by atoms with Crippen molar-refractivity contribution in [1.82, 2.24) is 0 Å². The third-order valence-corrected chi connectivity index (χ3v) is 2.03. The van der Waals surface area contributed by atoms with E-state index in [1.54, 1.807) is 0 Å². The fourth-order valence-electron chi connectivity index (χ4n) is 1.25. The Bertz CT molecular complexity index is 201. The maximum absolute atomic E-state index is 10.6. The van der Waals surface area contributed by atoms with E-state index in [-0.39, 0.29) is 11.8 Å². The van der Waals surface area contributed by atoms with Gasteiger partial charge in [0.05, 0.1) is 18.3 Å². The van der Waals surface area contributed by atoms with Gasteiger partial charge < -0.3 is 10.8 Å². The van der Waals surface area contributed by atoms with Crippen LogP contribution in [0, 0.1) is 11.8 Å². The first-order chi connectivity index (χ1) is 5.11. The smallest absolute Gasteiger partial charge is 0.308 e. The fraction of sp³-hybridized carbons (Fsp3) is 0.714. The minimum Gasteiger partial charge on any atom is -0.481 e. The molecule has 11 heavy (non-hydrogen) atoms. The minimum atomic E-state index is -0.770. The van der Waals surface area contributed by atoms with Crippen LogP contribution in [0.4, 0.5) is 0 Å². The normalized spacial score (nSPS) is 31.2. The highest BCUT2D eigenvalue weighted by atomic mass is 16.4. The van der Waals surface area contributed by atoms with E-state index in [0.717, 1.165) is 0 Å². The molecule has 1 heterocycles. The Morgan fingerprint density at radius 3 is 2.91 bits per heavy atom. The SMILES string of the molecule is C[C@H]1CC(N)=NC[C@@H]1C(=O)O. The number of carboxylic acids is 1. The quantitative estimate of drug-likeness (QED) is 0.564. The van der Waals surface area contributed by atoms with E-state index in [0.29, 0.717) is 18.8 Å². The van der Waals surface area contributed by atoms with E-state index in [4.69, 9.17) is 10.8 Å². The lowest BCUT2D eigenvalue weighted by molar-refractivity contribution is -0.143. The summed E-state index contributed by atoms with van der Waals surface area (Å²) in [6, 6.07) is 0. The van der Waals surface area contributed by atoms with Crippen molar-refractivity contribution in [3.05, 3.63) is 0 Å². The first-order valence-electron chi connectivity index (χ1n) is 3.63. The summed E-state index contributed by atoms with van der Waals surface area (Å²) < 4.78 is 0. The number of rotatable bonds is 1. The molecule has 0 spiro atoms. The van der Waals surface area contributed by atoms with E-state index in [2.05, 4.69) is 4.99 Å². The second-order valence-corrected chi connectivity index (χ2v) is 2.96. The van der Waals surface area contributed by atoms with Gasteiger partial charge in [-0.05, 0) is 5.92 Å². The molecule has 0 aromatic carbocycles. The zero-order valence-corrected chi connectivity index (χ0v) is 6.45. The number of nitrogens with zero attached hydrogens (tertiary/aromatic N) is 1. The Kier molecular flexibility index (Phi) is 2.12. The number of aliphatic imine (C=N–C) groups is 1. The number of amidine groups is 1. The summed E-state index contributed by atoms with van der Waals surface area (Å²) in [5, 5.41) is 8.68. The van der Waals surface area contributed by atoms with Gasteiger partial charge in [0.15, 0.2) is 0 Å². The summed E-state index contributed by atoms with van der Waals surface area (Å²) in [6.45, 7) is 2.22. The summed E-state index contributed by atoms with van der Waals surface area (Å²) >= 11 is 0. The minimum absolute atomic E-state index is 0.116. The molecule has 0 unspecified atom stereocenters. The molecule has 1 rings (SSSR count). The van der Waals surface area contributed by atoms with Crippen molar-refractivity contribution in [3.8, 4) is 0 Å². The van der Waals surface area contributed by atoms with Crippen LogP contribution in [0.5, 0.6) is 0 Å².